The van der Waals surface area contributed by atoms with Crippen molar-refractivity contribution in [2.24, 2.45) is 0 Å². The van der Waals surface area contributed by atoms with Gasteiger partial charge in [0, 0.05) is 12.2 Å². The summed E-state index contributed by atoms with van der Waals surface area (Å²) in [6.07, 6.45) is 3.25. The molecule has 0 unspecified atom stereocenters. The van der Waals surface area contributed by atoms with Crippen molar-refractivity contribution in [3.8, 4) is 5.69 Å². The highest BCUT2D eigenvalue weighted by molar-refractivity contribution is 6.30. The lowest BCUT2D eigenvalue weighted by Gasteiger charge is -2.08. The van der Waals surface area contributed by atoms with Crippen LogP contribution in [0, 0.1) is 5.82 Å². The van der Waals surface area contributed by atoms with Crippen molar-refractivity contribution in [3.63, 3.8) is 0 Å². The number of benzene rings is 2. The SMILES string of the molecule is Fc1cc(CNc2ccc(-n3nccn3)cc2)ccc1Cl. The Morgan fingerprint density at radius 3 is 2.43 bits per heavy atom. The summed E-state index contributed by atoms with van der Waals surface area (Å²) < 4.78 is 13.3. The molecule has 21 heavy (non-hydrogen) atoms. The summed E-state index contributed by atoms with van der Waals surface area (Å²) >= 11 is 5.65. The standard InChI is InChI=1S/C15H12ClFN4/c16-14-6-1-11(9-15(14)17)10-18-12-2-4-13(5-3-12)21-19-7-8-20-21/h1-9,18H,10H2. The third kappa shape index (κ3) is 3.20. The highest BCUT2D eigenvalue weighted by Gasteiger charge is 2.02. The summed E-state index contributed by atoms with van der Waals surface area (Å²) in [7, 11) is 0. The van der Waals surface area contributed by atoms with E-state index in [2.05, 4.69) is 15.5 Å². The van der Waals surface area contributed by atoms with Gasteiger partial charge in [-0.2, -0.15) is 15.0 Å². The molecule has 0 spiro atoms. The highest BCUT2D eigenvalue weighted by atomic mass is 35.5. The number of nitrogens with zero attached hydrogens (tertiary/aromatic N) is 3. The van der Waals surface area contributed by atoms with E-state index in [4.69, 9.17) is 11.6 Å². The van der Waals surface area contributed by atoms with Gasteiger partial charge in [-0.3, -0.25) is 0 Å². The van der Waals surface area contributed by atoms with Gasteiger partial charge in [0.2, 0.25) is 0 Å². The Morgan fingerprint density at radius 1 is 1.05 bits per heavy atom. The summed E-state index contributed by atoms with van der Waals surface area (Å²) in [6.45, 7) is 0.521. The molecule has 6 heteroatoms. The molecule has 2 aromatic carbocycles. The average Bonchev–Trinajstić information content (AvgIpc) is 3.03. The normalized spacial score (nSPS) is 10.6. The van der Waals surface area contributed by atoms with Gasteiger partial charge in [-0.1, -0.05) is 17.7 Å². The van der Waals surface area contributed by atoms with E-state index in [-0.39, 0.29) is 5.02 Å². The number of halogens is 2. The van der Waals surface area contributed by atoms with Crippen molar-refractivity contribution in [1.29, 1.82) is 0 Å². The predicted octanol–water partition coefficient (Wildman–Crippen LogP) is 3.67. The molecule has 0 saturated carbocycles. The minimum absolute atomic E-state index is 0.134. The average molecular weight is 303 g/mol. The molecule has 0 aliphatic heterocycles. The van der Waals surface area contributed by atoms with Crippen molar-refractivity contribution in [1.82, 2.24) is 15.0 Å². The van der Waals surface area contributed by atoms with Crippen LogP contribution in [0.3, 0.4) is 0 Å². The fraction of sp³-hybridized carbons (Fsp3) is 0.0667. The molecule has 4 nitrogen and oxygen atoms in total. The van der Waals surface area contributed by atoms with E-state index in [9.17, 15) is 4.39 Å². The summed E-state index contributed by atoms with van der Waals surface area (Å²) in [5.41, 5.74) is 2.64. The minimum Gasteiger partial charge on any atom is -0.381 e. The van der Waals surface area contributed by atoms with E-state index in [1.54, 1.807) is 29.3 Å². The van der Waals surface area contributed by atoms with Gasteiger partial charge >= 0.3 is 0 Å². The Morgan fingerprint density at radius 2 is 1.76 bits per heavy atom. The highest BCUT2D eigenvalue weighted by Crippen LogP contribution is 2.17. The molecular weight excluding hydrogens is 291 g/mol. The quantitative estimate of drug-likeness (QED) is 0.799. The van der Waals surface area contributed by atoms with Crippen LogP contribution in [0.15, 0.2) is 54.9 Å². The maximum absolute atomic E-state index is 13.3. The zero-order valence-electron chi connectivity index (χ0n) is 11.0. The fourth-order valence-corrected chi connectivity index (χ4v) is 2.03. The van der Waals surface area contributed by atoms with Gasteiger partial charge in [-0.15, -0.1) is 0 Å². The van der Waals surface area contributed by atoms with Gasteiger partial charge in [0.25, 0.3) is 0 Å². The molecule has 0 bridgehead atoms. The molecule has 0 radical (unpaired) electrons. The summed E-state index contributed by atoms with van der Waals surface area (Å²) in [6, 6.07) is 12.4. The lowest BCUT2D eigenvalue weighted by molar-refractivity contribution is 0.626. The van der Waals surface area contributed by atoms with E-state index in [1.165, 1.54) is 6.07 Å². The molecule has 0 fully saturated rings. The van der Waals surface area contributed by atoms with Crippen molar-refractivity contribution in [3.05, 3.63) is 71.3 Å². The molecule has 3 rings (SSSR count). The van der Waals surface area contributed by atoms with Crippen LogP contribution >= 0.6 is 11.6 Å². The molecule has 1 heterocycles. The summed E-state index contributed by atoms with van der Waals surface area (Å²) in [5.74, 6) is -0.406. The largest absolute Gasteiger partial charge is 0.381 e. The van der Waals surface area contributed by atoms with Crippen LogP contribution in [0.1, 0.15) is 5.56 Å². The Balaban J connectivity index is 1.66. The van der Waals surface area contributed by atoms with Gasteiger partial charge in [0.15, 0.2) is 0 Å². The second-order valence-electron chi connectivity index (χ2n) is 4.47. The first-order valence-corrected chi connectivity index (χ1v) is 6.75. The van der Waals surface area contributed by atoms with Crippen molar-refractivity contribution < 1.29 is 4.39 Å². The van der Waals surface area contributed by atoms with E-state index >= 15 is 0 Å². The Kier molecular flexibility index (Phi) is 3.83. The Hall–Kier alpha value is -2.40. The number of aromatic nitrogens is 3. The van der Waals surface area contributed by atoms with E-state index in [1.807, 2.05) is 24.3 Å². The monoisotopic (exact) mass is 302 g/mol. The van der Waals surface area contributed by atoms with E-state index in [0.717, 1.165) is 16.9 Å². The van der Waals surface area contributed by atoms with Crippen LogP contribution in [0.25, 0.3) is 5.69 Å². The summed E-state index contributed by atoms with van der Waals surface area (Å²) in [4.78, 5) is 1.54. The first-order chi connectivity index (χ1) is 10.2. The molecule has 0 atom stereocenters. The first kappa shape index (κ1) is 13.6. The molecule has 3 aromatic rings. The molecule has 0 amide bonds. The second kappa shape index (κ2) is 5.93. The second-order valence-corrected chi connectivity index (χ2v) is 4.87. The zero-order valence-corrected chi connectivity index (χ0v) is 11.8. The molecule has 1 N–H and O–H groups in total. The van der Waals surface area contributed by atoms with Gasteiger partial charge in [-0.05, 0) is 42.0 Å². The van der Waals surface area contributed by atoms with Crippen molar-refractivity contribution in [2.75, 3.05) is 5.32 Å². The van der Waals surface area contributed by atoms with Crippen LogP contribution in [-0.4, -0.2) is 15.0 Å². The third-order valence-electron chi connectivity index (χ3n) is 3.00. The maximum atomic E-state index is 13.3. The van der Waals surface area contributed by atoms with Crippen LogP contribution in [0.5, 0.6) is 0 Å². The molecule has 106 valence electrons. The predicted molar refractivity (Wildman–Crippen MR) is 80.1 cm³/mol. The number of nitrogens with one attached hydrogen (secondary N) is 1. The zero-order chi connectivity index (χ0) is 14.7. The van der Waals surface area contributed by atoms with Gasteiger partial charge in [0.05, 0.1) is 23.1 Å². The lowest BCUT2D eigenvalue weighted by Crippen LogP contribution is -2.01. The van der Waals surface area contributed by atoms with Crippen LogP contribution < -0.4 is 5.32 Å². The van der Waals surface area contributed by atoms with Gasteiger partial charge in [0.1, 0.15) is 5.82 Å². The lowest BCUT2D eigenvalue weighted by atomic mass is 10.2. The van der Waals surface area contributed by atoms with Gasteiger partial charge < -0.3 is 5.32 Å². The third-order valence-corrected chi connectivity index (χ3v) is 3.30. The first-order valence-electron chi connectivity index (χ1n) is 6.37. The molecular formula is C15H12ClFN4. The smallest absolute Gasteiger partial charge is 0.142 e. The van der Waals surface area contributed by atoms with Crippen LogP contribution in [0.4, 0.5) is 10.1 Å². The number of anilines is 1. The Labute approximate surface area is 126 Å². The van der Waals surface area contributed by atoms with E-state index < -0.39 is 5.82 Å². The molecule has 0 aliphatic carbocycles. The fourth-order valence-electron chi connectivity index (χ4n) is 1.92. The topological polar surface area (TPSA) is 42.7 Å². The number of rotatable bonds is 4. The van der Waals surface area contributed by atoms with Crippen LogP contribution in [0.2, 0.25) is 5.02 Å². The van der Waals surface area contributed by atoms with Crippen LogP contribution in [-0.2, 0) is 6.54 Å². The molecule has 0 saturated heterocycles. The number of hydrogen-bond donors (Lipinski definition) is 1. The van der Waals surface area contributed by atoms with Crippen molar-refractivity contribution in [2.45, 2.75) is 6.54 Å². The van der Waals surface area contributed by atoms with E-state index in [0.29, 0.717) is 6.54 Å². The van der Waals surface area contributed by atoms with Gasteiger partial charge in [-0.25, -0.2) is 4.39 Å². The molecule has 0 aliphatic rings. The Bertz CT molecular complexity index is 726. The summed E-state index contributed by atoms with van der Waals surface area (Å²) in [5, 5.41) is 11.5. The van der Waals surface area contributed by atoms with Crippen molar-refractivity contribution >= 4 is 17.3 Å². The minimum atomic E-state index is -0.406. The number of hydrogen-bond acceptors (Lipinski definition) is 3. The molecule has 1 aromatic heterocycles. The maximum Gasteiger partial charge on any atom is 0.142 e.